The van der Waals surface area contributed by atoms with Gasteiger partial charge in [0.2, 0.25) is 0 Å². The Morgan fingerprint density at radius 1 is 1.47 bits per heavy atom. The van der Waals surface area contributed by atoms with Crippen LogP contribution in [0.2, 0.25) is 0 Å². The van der Waals surface area contributed by atoms with Gasteiger partial charge >= 0.3 is 0 Å². The summed E-state index contributed by atoms with van der Waals surface area (Å²) in [5.74, 6) is -0.0173. The van der Waals surface area contributed by atoms with Crippen LogP contribution >= 0.6 is 11.3 Å². The Balaban J connectivity index is 2.11. The van der Waals surface area contributed by atoms with E-state index < -0.39 is 0 Å². The quantitative estimate of drug-likeness (QED) is 0.755. The van der Waals surface area contributed by atoms with Crippen molar-refractivity contribution in [2.45, 2.75) is 26.1 Å². The van der Waals surface area contributed by atoms with Crippen LogP contribution in [-0.4, -0.2) is 42.4 Å². The van der Waals surface area contributed by atoms with Gasteiger partial charge < -0.3 is 9.64 Å². The summed E-state index contributed by atoms with van der Waals surface area (Å²) in [5, 5.41) is 1.73. The molecule has 2 atom stereocenters. The zero-order valence-electron chi connectivity index (χ0n) is 9.88. The van der Waals surface area contributed by atoms with Gasteiger partial charge in [-0.2, -0.15) is 0 Å². The number of hydrogen-bond donors (Lipinski definition) is 0. The van der Waals surface area contributed by atoms with Gasteiger partial charge in [-0.15, -0.1) is 11.3 Å². The molecular weight excluding hydrogens is 238 g/mol. The first-order chi connectivity index (χ1) is 8.10. The van der Waals surface area contributed by atoms with Crippen molar-refractivity contribution in [1.29, 1.82) is 0 Å². The van der Waals surface area contributed by atoms with E-state index in [0.29, 0.717) is 23.5 Å². The molecule has 1 aromatic heterocycles. The number of rotatable bonds is 2. The number of hydrogen-bond acceptors (Lipinski definition) is 4. The maximum Gasteiger partial charge on any atom is 0.254 e. The van der Waals surface area contributed by atoms with Crippen molar-refractivity contribution < 1.29 is 14.3 Å². The summed E-state index contributed by atoms with van der Waals surface area (Å²) in [6.45, 7) is 5.13. The lowest BCUT2D eigenvalue weighted by Gasteiger charge is -2.35. The molecule has 2 rings (SSSR count). The van der Waals surface area contributed by atoms with Crippen LogP contribution in [0.3, 0.4) is 0 Å². The molecule has 5 heteroatoms. The predicted molar refractivity (Wildman–Crippen MR) is 65.6 cm³/mol. The fourth-order valence-corrected chi connectivity index (χ4v) is 2.74. The number of thiophene rings is 1. The van der Waals surface area contributed by atoms with E-state index in [-0.39, 0.29) is 18.1 Å². The van der Waals surface area contributed by atoms with Crippen molar-refractivity contribution in [3.8, 4) is 0 Å². The van der Waals surface area contributed by atoms with E-state index >= 15 is 0 Å². The highest BCUT2D eigenvalue weighted by Crippen LogP contribution is 2.18. The Bertz CT molecular complexity index is 419. The van der Waals surface area contributed by atoms with Crippen molar-refractivity contribution in [3.05, 3.63) is 21.9 Å². The first-order valence-corrected chi connectivity index (χ1v) is 6.46. The molecule has 1 fully saturated rings. The summed E-state index contributed by atoms with van der Waals surface area (Å²) >= 11 is 1.30. The van der Waals surface area contributed by atoms with Crippen LogP contribution in [0.5, 0.6) is 0 Å². The fourth-order valence-electron chi connectivity index (χ4n) is 2.05. The summed E-state index contributed by atoms with van der Waals surface area (Å²) in [7, 11) is 0. The minimum atomic E-state index is -0.0173. The van der Waals surface area contributed by atoms with Gasteiger partial charge in [0.1, 0.15) is 0 Å². The highest BCUT2D eigenvalue weighted by molar-refractivity contribution is 7.12. The van der Waals surface area contributed by atoms with Crippen LogP contribution in [0.15, 0.2) is 11.4 Å². The van der Waals surface area contributed by atoms with Gasteiger partial charge in [0.05, 0.1) is 22.6 Å². The van der Waals surface area contributed by atoms with Crippen LogP contribution in [-0.2, 0) is 4.74 Å². The average Bonchev–Trinajstić information content (AvgIpc) is 2.75. The van der Waals surface area contributed by atoms with E-state index in [4.69, 9.17) is 4.74 Å². The zero-order chi connectivity index (χ0) is 12.4. The molecule has 0 radical (unpaired) electrons. The molecule has 0 unspecified atom stereocenters. The summed E-state index contributed by atoms with van der Waals surface area (Å²) in [6, 6.07) is 1.64. The van der Waals surface area contributed by atoms with Crippen molar-refractivity contribution in [2.24, 2.45) is 0 Å². The first kappa shape index (κ1) is 12.3. The van der Waals surface area contributed by atoms with E-state index in [1.807, 2.05) is 13.8 Å². The monoisotopic (exact) mass is 253 g/mol. The molecule has 2 heterocycles. The minimum Gasteiger partial charge on any atom is -0.372 e. The number of morpholine rings is 1. The highest BCUT2D eigenvalue weighted by atomic mass is 32.1. The minimum absolute atomic E-state index is 0.0173. The van der Waals surface area contributed by atoms with Crippen LogP contribution in [0, 0.1) is 0 Å². The molecular formula is C12H15NO3S. The second kappa shape index (κ2) is 4.98. The lowest BCUT2D eigenvalue weighted by molar-refractivity contribution is -0.0586. The Hall–Kier alpha value is -1.20. The largest absolute Gasteiger partial charge is 0.372 e. The van der Waals surface area contributed by atoms with Gasteiger partial charge in [-0.25, -0.2) is 0 Å². The molecule has 0 aromatic carbocycles. The molecule has 0 aliphatic carbocycles. The summed E-state index contributed by atoms with van der Waals surface area (Å²) in [5.41, 5.74) is 0.596. The van der Waals surface area contributed by atoms with Crippen molar-refractivity contribution in [1.82, 2.24) is 4.90 Å². The van der Waals surface area contributed by atoms with Crippen LogP contribution < -0.4 is 0 Å². The maximum absolute atomic E-state index is 12.2. The van der Waals surface area contributed by atoms with E-state index in [2.05, 4.69) is 0 Å². The number of carbonyl (C=O) groups is 2. The molecule has 92 valence electrons. The topological polar surface area (TPSA) is 46.6 Å². The molecule has 4 nitrogen and oxygen atoms in total. The molecule has 0 saturated carbocycles. The average molecular weight is 253 g/mol. The summed E-state index contributed by atoms with van der Waals surface area (Å²) in [4.78, 5) is 25.1. The predicted octanol–water partition coefficient (Wildman–Crippen LogP) is 1.81. The van der Waals surface area contributed by atoms with E-state index in [1.165, 1.54) is 11.3 Å². The zero-order valence-corrected chi connectivity index (χ0v) is 10.7. The normalized spacial score (nSPS) is 24.7. The standard InChI is InChI=1S/C12H15NO3S/c1-8-4-13(5-9(2)16-8)12(15)10-3-11(6-14)17-7-10/h3,6-9H,4-5H2,1-2H3/t8-,9+. The molecule has 1 aliphatic heterocycles. The number of nitrogens with zero attached hydrogens (tertiary/aromatic N) is 1. The third-order valence-electron chi connectivity index (χ3n) is 2.69. The Morgan fingerprint density at radius 3 is 2.65 bits per heavy atom. The van der Waals surface area contributed by atoms with Gasteiger partial charge in [0.15, 0.2) is 6.29 Å². The van der Waals surface area contributed by atoms with Crippen LogP contribution in [0.25, 0.3) is 0 Å². The van der Waals surface area contributed by atoms with Crippen molar-refractivity contribution in [2.75, 3.05) is 13.1 Å². The van der Waals surface area contributed by atoms with Gasteiger partial charge in [-0.05, 0) is 19.9 Å². The molecule has 17 heavy (non-hydrogen) atoms. The highest BCUT2D eigenvalue weighted by Gasteiger charge is 2.26. The second-order valence-electron chi connectivity index (χ2n) is 4.32. The van der Waals surface area contributed by atoms with Gasteiger partial charge in [0, 0.05) is 18.5 Å². The Labute approximate surface area is 104 Å². The lowest BCUT2D eigenvalue weighted by Crippen LogP contribution is -2.48. The Kier molecular flexibility index (Phi) is 3.59. The SMILES string of the molecule is C[C@@H]1CN(C(=O)c2csc(C=O)c2)C[C@H](C)O1. The molecule has 1 aromatic rings. The first-order valence-electron chi connectivity index (χ1n) is 5.58. The smallest absolute Gasteiger partial charge is 0.254 e. The molecule has 1 aliphatic rings. The molecule has 0 spiro atoms. The lowest BCUT2D eigenvalue weighted by atomic mass is 10.2. The summed E-state index contributed by atoms with van der Waals surface area (Å²) in [6.07, 6.45) is 0.894. The van der Waals surface area contributed by atoms with E-state index in [1.54, 1.807) is 16.3 Å². The van der Waals surface area contributed by atoms with Gasteiger partial charge in [0.25, 0.3) is 5.91 Å². The van der Waals surface area contributed by atoms with Gasteiger partial charge in [-0.1, -0.05) is 0 Å². The number of aldehydes is 1. The molecule has 0 bridgehead atoms. The van der Waals surface area contributed by atoms with Crippen LogP contribution in [0.4, 0.5) is 0 Å². The van der Waals surface area contributed by atoms with Crippen molar-refractivity contribution >= 4 is 23.5 Å². The number of carbonyl (C=O) groups excluding carboxylic acids is 2. The maximum atomic E-state index is 12.2. The molecule has 0 N–H and O–H groups in total. The van der Waals surface area contributed by atoms with E-state index in [9.17, 15) is 9.59 Å². The second-order valence-corrected chi connectivity index (χ2v) is 5.27. The van der Waals surface area contributed by atoms with E-state index in [0.717, 1.165) is 6.29 Å². The molecule has 1 saturated heterocycles. The summed E-state index contributed by atoms with van der Waals surface area (Å²) < 4.78 is 5.58. The van der Waals surface area contributed by atoms with Gasteiger partial charge in [-0.3, -0.25) is 9.59 Å². The fraction of sp³-hybridized carbons (Fsp3) is 0.500. The van der Waals surface area contributed by atoms with Crippen LogP contribution in [0.1, 0.15) is 33.9 Å². The molecule has 1 amide bonds. The third-order valence-corrected chi connectivity index (χ3v) is 3.55. The Morgan fingerprint density at radius 2 is 2.12 bits per heavy atom. The van der Waals surface area contributed by atoms with Crippen molar-refractivity contribution in [3.63, 3.8) is 0 Å². The number of ether oxygens (including phenoxy) is 1. The third kappa shape index (κ3) is 2.73. The number of amides is 1.